The van der Waals surface area contributed by atoms with E-state index in [-0.39, 0.29) is 22.5 Å². The van der Waals surface area contributed by atoms with E-state index in [2.05, 4.69) is 53.7 Å². The first-order valence-corrected chi connectivity index (χ1v) is 16.8. The predicted octanol–water partition coefficient (Wildman–Crippen LogP) is 4.52. The van der Waals surface area contributed by atoms with Crippen LogP contribution in [0.3, 0.4) is 0 Å². The Morgan fingerprint density at radius 1 is 0.833 bits per heavy atom. The standard InChI is InChI=1S/C34H56O8/c1-19(2)20(3)7-8-21(4)23-9-10-25-31(23,5)13-12-26-32(6)14-11-22(17-33(32)15-16-34(25,26)42-41-33)39-30-29(38)28(37)27(36)24(18-35)40-30/h7-8,19-30,35-38H,9-18H2,1-6H3/b8-7+/t20-,21?,22-,23+,24+,25?,26?,27+,28-,29+,30+,31+,32+,33+,34-/m0/s1. The first-order chi connectivity index (χ1) is 19.8. The molecule has 2 bridgehead atoms. The number of allylic oxidation sites excluding steroid dienone is 2. The molecule has 7 rings (SSSR count). The molecule has 15 atom stereocenters. The van der Waals surface area contributed by atoms with Gasteiger partial charge in [-0.2, -0.15) is 0 Å². The lowest BCUT2D eigenvalue weighted by Gasteiger charge is -2.72. The number of fused-ring (bicyclic) bond motifs is 3. The number of rotatable bonds is 7. The van der Waals surface area contributed by atoms with E-state index < -0.39 is 42.9 Å². The molecule has 3 heterocycles. The van der Waals surface area contributed by atoms with Crippen LogP contribution in [0.5, 0.6) is 0 Å². The summed E-state index contributed by atoms with van der Waals surface area (Å²) >= 11 is 0. The average molecular weight is 593 g/mol. The summed E-state index contributed by atoms with van der Waals surface area (Å²) < 4.78 is 11.9. The Labute approximate surface area is 252 Å². The lowest BCUT2D eigenvalue weighted by molar-refractivity contribution is -0.537. The second-order valence-electron chi connectivity index (χ2n) is 15.9. The smallest absolute Gasteiger partial charge is 0.186 e. The van der Waals surface area contributed by atoms with Crippen LogP contribution in [-0.4, -0.2) is 75.0 Å². The zero-order chi connectivity index (χ0) is 30.2. The van der Waals surface area contributed by atoms with Gasteiger partial charge in [-0.3, -0.25) is 0 Å². The molecule has 7 aliphatic rings. The maximum Gasteiger partial charge on any atom is 0.186 e. The molecule has 0 aromatic heterocycles. The van der Waals surface area contributed by atoms with Gasteiger partial charge in [-0.05, 0) is 92.3 Å². The molecule has 4 N–H and O–H groups in total. The highest BCUT2D eigenvalue weighted by Gasteiger charge is 2.76. The van der Waals surface area contributed by atoms with E-state index in [1.165, 1.54) is 19.3 Å². The minimum Gasteiger partial charge on any atom is -0.394 e. The fourth-order valence-electron chi connectivity index (χ4n) is 10.8. The van der Waals surface area contributed by atoms with E-state index in [1.54, 1.807) is 0 Å². The van der Waals surface area contributed by atoms with E-state index in [9.17, 15) is 20.4 Å². The third-order valence-corrected chi connectivity index (χ3v) is 13.8. The van der Waals surface area contributed by atoms with Crippen LogP contribution < -0.4 is 0 Å². The second kappa shape index (κ2) is 11.0. The van der Waals surface area contributed by atoms with Crippen molar-refractivity contribution < 1.29 is 39.7 Å². The van der Waals surface area contributed by atoms with Gasteiger partial charge in [-0.1, -0.05) is 53.7 Å². The topological polar surface area (TPSA) is 118 Å². The number of hydrogen-bond donors (Lipinski definition) is 4. The lowest BCUT2D eigenvalue weighted by atomic mass is 9.40. The minimum absolute atomic E-state index is 0.0314. The molecule has 3 saturated heterocycles. The molecule has 7 fully saturated rings. The Hall–Kier alpha value is -0.580. The summed E-state index contributed by atoms with van der Waals surface area (Å²) in [6, 6.07) is 0. The molecule has 42 heavy (non-hydrogen) atoms. The summed E-state index contributed by atoms with van der Waals surface area (Å²) in [6.07, 6.45) is 7.47. The SMILES string of the molecule is CC(/C=C/[C@H](C)C(C)C)[C@H]1CCC2[C@@]34CC[C@]5(C[C@@H](O[C@@H]6O[C@H](CO)[C@@H](O)[C@H](O)[C@H]6O)CC[C@]5(C)C3CC[C@@]21C)OO4. The van der Waals surface area contributed by atoms with Crippen molar-refractivity contribution in [2.24, 2.45) is 46.3 Å². The van der Waals surface area contributed by atoms with Crippen molar-refractivity contribution >= 4 is 0 Å². The minimum atomic E-state index is -1.44. The average Bonchev–Trinajstić information content (AvgIpc) is 3.33. The lowest BCUT2D eigenvalue weighted by Crippen LogP contribution is -2.75. The molecular formula is C34H56O8. The van der Waals surface area contributed by atoms with Gasteiger partial charge in [0.15, 0.2) is 6.29 Å². The van der Waals surface area contributed by atoms with Crippen molar-refractivity contribution in [3.8, 4) is 0 Å². The summed E-state index contributed by atoms with van der Waals surface area (Å²) in [5, 5.41) is 40.6. The predicted molar refractivity (Wildman–Crippen MR) is 157 cm³/mol. The second-order valence-corrected chi connectivity index (χ2v) is 15.9. The van der Waals surface area contributed by atoms with Crippen LogP contribution in [0, 0.1) is 46.3 Å². The Balaban J connectivity index is 1.18. The molecule has 3 unspecified atom stereocenters. The third kappa shape index (κ3) is 4.52. The van der Waals surface area contributed by atoms with Crippen LogP contribution in [0.4, 0.5) is 0 Å². The van der Waals surface area contributed by atoms with E-state index in [4.69, 9.17) is 19.2 Å². The number of hydrogen-bond acceptors (Lipinski definition) is 8. The highest BCUT2D eigenvalue weighted by Crippen LogP contribution is 2.74. The summed E-state index contributed by atoms with van der Waals surface area (Å²) in [6.45, 7) is 13.8. The van der Waals surface area contributed by atoms with E-state index in [0.717, 1.165) is 32.1 Å². The van der Waals surface area contributed by atoms with Gasteiger partial charge in [0, 0.05) is 11.8 Å². The van der Waals surface area contributed by atoms with E-state index in [0.29, 0.717) is 41.9 Å². The largest absolute Gasteiger partial charge is 0.394 e. The van der Waals surface area contributed by atoms with Crippen LogP contribution in [0.2, 0.25) is 0 Å². The quantitative estimate of drug-likeness (QED) is 0.194. The molecular weight excluding hydrogens is 536 g/mol. The maximum absolute atomic E-state index is 10.6. The van der Waals surface area contributed by atoms with Crippen LogP contribution in [-0.2, 0) is 19.2 Å². The molecule has 4 aliphatic carbocycles. The monoisotopic (exact) mass is 592 g/mol. The number of ether oxygens (including phenoxy) is 2. The molecule has 3 aliphatic heterocycles. The fourth-order valence-corrected chi connectivity index (χ4v) is 10.8. The van der Waals surface area contributed by atoms with Crippen molar-refractivity contribution in [2.75, 3.05) is 6.61 Å². The van der Waals surface area contributed by atoms with Crippen LogP contribution in [0.15, 0.2) is 12.2 Å². The van der Waals surface area contributed by atoms with Gasteiger partial charge in [0.05, 0.1) is 12.7 Å². The van der Waals surface area contributed by atoms with Gasteiger partial charge in [-0.25, -0.2) is 9.78 Å². The molecule has 2 spiro atoms. The normalized spacial score (nSPS) is 53.5. The molecule has 0 aromatic rings. The first kappa shape index (κ1) is 31.4. The summed E-state index contributed by atoms with van der Waals surface area (Å²) in [5.74, 6) is 3.37. The van der Waals surface area contributed by atoms with Crippen molar-refractivity contribution in [2.45, 2.75) is 147 Å². The Kier molecular flexibility index (Phi) is 8.26. The van der Waals surface area contributed by atoms with Crippen molar-refractivity contribution in [3.63, 3.8) is 0 Å². The summed E-state index contributed by atoms with van der Waals surface area (Å²) in [5.41, 5.74) is -0.499. The molecule has 4 saturated carbocycles. The molecule has 0 radical (unpaired) electrons. The van der Waals surface area contributed by atoms with Gasteiger partial charge < -0.3 is 29.9 Å². The number of aliphatic hydroxyl groups excluding tert-OH is 4. The van der Waals surface area contributed by atoms with Crippen LogP contribution >= 0.6 is 0 Å². The van der Waals surface area contributed by atoms with Crippen LogP contribution in [0.1, 0.15) is 99.3 Å². The zero-order valence-electron chi connectivity index (χ0n) is 26.6. The van der Waals surface area contributed by atoms with Gasteiger partial charge in [0.1, 0.15) is 35.6 Å². The Morgan fingerprint density at radius 3 is 2.26 bits per heavy atom. The first-order valence-electron chi connectivity index (χ1n) is 16.8. The molecule has 8 nitrogen and oxygen atoms in total. The zero-order valence-corrected chi connectivity index (χ0v) is 26.6. The highest BCUT2D eigenvalue weighted by atomic mass is 17.2. The molecule has 0 amide bonds. The highest BCUT2D eigenvalue weighted by molar-refractivity contribution is 5.23. The van der Waals surface area contributed by atoms with Gasteiger partial charge in [0.2, 0.25) is 0 Å². The van der Waals surface area contributed by atoms with E-state index in [1.807, 2.05) is 0 Å². The van der Waals surface area contributed by atoms with E-state index >= 15 is 0 Å². The molecule has 0 aromatic carbocycles. The maximum atomic E-state index is 10.6. The van der Waals surface area contributed by atoms with Crippen LogP contribution in [0.25, 0.3) is 0 Å². The Bertz CT molecular complexity index is 1010. The summed E-state index contributed by atoms with van der Waals surface area (Å²) in [4.78, 5) is 13.3. The molecule has 240 valence electrons. The van der Waals surface area contributed by atoms with Gasteiger partial charge in [0.25, 0.3) is 0 Å². The fraction of sp³-hybridized carbons (Fsp3) is 0.941. The number of aliphatic hydroxyl groups is 4. The summed E-state index contributed by atoms with van der Waals surface area (Å²) in [7, 11) is 0. The van der Waals surface area contributed by atoms with Gasteiger partial charge >= 0.3 is 0 Å². The van der Waals surface area contributed by atoms with Crippen molar-refractivity contribution in [1.29, 1.82) is 0 Å². The third-order valence-electron chi connectivity index (χ3n) is 13.8. The van der Waals surface area contributed by atoms with Gasteiger partial charge in [-0.15, -0.1) is 0 Å². The Morgan fingerprint density at radius 2 is 1.60 bits per heavy atom. The van der Waals surface area contributed by atoms with Crippen molar-refractivity contribution in [1.82, 2.24) is 0 Å². The van der Waals surface area contributed by atoms with Crippen molar-refractivity contribution in [3.05, 3.63) is 12.2 Å². The molecule has 8 heteroatoms.